The smallest absolute Gasteiger partial charge is 0.322 e. The van der Waals surface area contributed by atoms with E-state index in [0.29, 0.717) is 28.6 Å². The number of allylic oxidation sites excluding steroid dienone is 1. The monoisotopic (exact) mass is 399 g/mol. The van der Waals surface area contributed by atoms with Gasteiger partial charge in [0.15, 0.2) is 0 Å². The minimum atomic E-state index is -0.133. The van der Waals surface area contributed by atoms with Gasteiger partial charge in [0.25, 0.3) is 0 Å². The number of urea groups is 1. The van der Waals surface area contributed by atoms with E-state index in [2.05, 4.69) is 32.2 Å². The van der Waals surface area contributed by atoms with Gasteiger partial charge in [-0.1, -0.05) is 12.2 Å². The van der Waals surface area contributed by atoms with Crippen molar-refractivity contribution in [1.29, 1.82) is 0 Å². The van der Waals surface area contributed by atoms with Crippen molar-refractivity contribution in [3.63, 3.8) is 0 Å². The van der Waals surface area contributed by atoms with Crippen LogP contribution in [0.2, 0.25) is 0 Å². The van der Waals surface area contributed by atoms with Crippen LogP contribution in [0.1, 0.15) is 19.8 Å². The van der Waals surface area contributed by atoms with Crippen molar-refractivity contribution in [3.8, 4) is 0 Å². The fraction of sp³-hybridized carbons (Fsp3) is 0.474. The van der Waals surface area contributed by atoms with Gasteiger partial charge in [0.1, 0.15) is 22.8 Å². The number of carbonyl (C=O) groups is 1. The number of fused-ring (bicyclic) bond motifs is 2. The SMILES string of the molecule is C/C(N)=C/C(=S)NC(=O)N1CC2CC(N(C)c3ncnc4[nH]ccc34)C[C@@H]2C1. The van der Waals surface area contributed by atoms with Gasteiger partial charge in [0.2, 0.25) is 0 Å². The number of nitrogens with one attached hydrogen (secondary N) is 2. The molecule has 2 aromatic rings. The second-order valence-electron chi connectivity index (χ2n) is 7.78. The van der Waals surface area contributed by atoms with Crippen molar-refractivity contribution in [3.05, 3.63) is 30.4 Å². The number of anilines is 1. The van der Waals surface area contributed by atoms with Gasteiger partial charge in [0, 0.05) is 38.1 Å². The molecule has 2 unspecified atom stereocenters. The molecule has 0 radical (unpaired) electrons. The second kappa shape index (κ2) is 7.38. The summed E-state index contributed by atoms with van der Waals surface area (Å²) in [5, 5.41) is 3.79. The molecule has 2 aromatic heterocycles. The first-order valence-electron chi connectivity index (χ1n) is 9.47. The molecule has 3 atom stereocenters. The maximum Gasteiger partial charge on any atom is 0.322 e. The largest absolute Gasteiger partial charge is 0.402 e. The van der Waals surface area contributed by atoms with Crippen LogP contribution in [-0.2, 0) is 0 Å². The fourth-order valence-corrected chi connectivity index (χ4v) is 4.76. The van der Waals surface area contributed by atoms with E-state index >= 15 is 0 Å². The average Bonchev–Trinajstić information content (AvgIpc) is 3.33. The van der Waals surface area contributed by atoms with Crippen LogP contribution in [0.4, 0.5) is 10.6 Å². The standard InChI is InChI=1S/C19H25N7OS/c1-11(20)5-16(28)24-19(27)26-8-12-6-14(7-13(12)9-26)25(2)18-15-3-4-21-17(15)22-10-23-18/h3-5,10,12-14H,6-9,20H2,1-2H3,(H,21,22,23)(H,24,27,28)/b11-5-/t12-,13?,14?/m1/s1. The predicted octanol–water partition coefficient (Wildman–Crippen LogP) is 2.00. The van der Waals surface area contributed by atoms with E-state index in [9.17, 15) is 4.79 Å². The highest BCUT2D eigenvalue weighted by Crippen LogP contribution is 2.41. The summed E-state index contributed by atoms with van der Waals surface area (Å²) < 4.78 is 0. The minimum absolute atomic E-state index is 0.133. The highest BCUT2D eigenvalue weighted by atomic mass is 32.1. The van der Waals surface area contributed by atoms with E-state index in [-0.39, 0.29) is 6.03 Å². The maximum atomic E-state index is 12.4. The number of aromatic nitrogens is 3. The Bertz CT molecular complexity index is 921. The van der Waals surface area contributed by atoms with E-state index in [1.165, 1.54) is 0 Å². The molecule has 148 valence electrons. The lowest BCUT2D eigenvalue weighted by atomic mass is 10.0. The Morgan fingerprint density at radius 3 is 2.79 bits per heavy atom. The lowest BCUT2D eigenvalue weighted by Crippen LogP contribution is -2.42. The summed E-state index contributed by atoms with van der Waals surface area (Å²) in [7, 11) is 2.10. The predicted molar refractivity (Wildman–Crippen MR) is 113 cm³/mol. The molecule has 1 aliphatic heterocycles. The molecule has 4 N–H and O–H groups in total. The molecule has 2 aliphatic rings. The molecular weight excluding hydrogens is 374 g/mol. The molecule has 2 fully saturated rings. The number of rotatable bonds is 3. The number of likely N-dealkylation sites (tertiary alicyclic amines) is 1. The van der Waals surface area contributed by atoms with E-state index in [1.54, 1.807) is 19.3 Å². The number of aromatic amines is 1. The van der Waals surface area contributed by atoms with Crippen LogP contribution in [-0.4, -0.2) is 57.1 Å². The van der Waals surface area contributed by atoms with Gasteiger partial charge < -0.3 is 20.5 Å². The Morgan fingerprint density at radius 1 is 1.39 bits per heavy atom. The summed E-state index contributed by atoms with van der Waals surface area (Å²) in [6.45, 7) is 3.27. The maximum absolute atomic E-state index is 12.4. The van der Waals surface area contributed by atoms with Crippen LogP contribution in [0, 0.1) is 11.8 Å². The number of hydrogen-bond acceptors (Lipinski definition) is 6. The molecule has 2 amide bonds. The number of carbonyl (C=O) groups excluding carboxylic acids is 1. The van der Waals surface area contributed by atoms with E-state index in [1.807, 2.05) is 17.2 Å². The van der Waals surface area contributed by atoms with Gasteiger partial charge in [-0.3, -0.25) is 5.32 Å². The number of amides is 2. The van der Waals surface area contributed by atoms with Crippen molar-refractivity contribution in [1.82, 2.24) is 25.2 Å². The van der Waals surface area contributed by atoms with E-state index < -0.39 is 0 Å². The van der Waals surface area contributed by atoms with Crippen molar-refractivity contribution in [2.75, 3.05) is 25.0 Å². The van der Waals surface area contributed by atoms with Gasteiger partial charge in [-0.25, -0.2) is 14.8 Å². The van der Waals surface area contributed by atoms with Crippen LogP contribution in [0.5, 0.6) is 0 Å². The first-order chi connectivity index (χ1) is 13.4. The Labute approximate surface area is 169 Å². The first kappa shape index (κ1) is 18.7. The first-order valence-corrected chi connectivity index (χ1v) is 9.87. The van der Waals surface area contributed by atoms with Crippen molar-refractivity contribution in [2.45, 2.75) is 25.8 Å². The van der Waals surface area contributed by atoms with Crippen LogP contribution in [0.25, 0.3) is 11.0 Å². The Balaban J connectivity index is 1.38. The quantitative estimate of drug-likeness (QED) is 0.539. The Kier molecular flexibility index (Phi) is 4.92. The van der Waals surface area contributed by atoms with Gasteiger partial charge in [-0.2, -0.15) is 0 Å². The van der Waals surface area contributed by atoms with E-state index in [0.717, 1.165) is 42.8 Å². The zero-order valence-corrected chi connectivity index (χ0v) is 16.9. The number of thiocarbonyl (C=S) groups is 1. The highest BCUT2D eigenvalue weighted by molar-refractivity contribution is 7.80. The summed E-state index contributed by atoms with van der Waals surface area (Å²) in [6, 6.07) is 2.30. The topological polar surface area (TPSA) is 103 Å². The lowest BCUT2D eigenvalue weighted by molar-refractivity contribution is 0.210. The second-order valence-corrected chi connectivity index (χ2v) is 8.22. The molecule has 0 bridgehead atoms. The number of nitrogens with two attached hydrogens (primary N) is 1. The zero-order valence-electron chi connectivity index (χ0n) is 16.1. The molecular formula is C19H25N7OS. The van der Waals surface area contributed by atoms with Gasteiger partial charge in [0.05, 0.1) is 5.39 Å². The molecule has 1 saturated carbocycles. The summed E-state index contributed by atoms with van der Waals surface area (Å²) in [4.78, 5) is 28.9. The molecule has 9 heteroatoms. The summed E-state index contributed by atoms with van der Waals surface area (Å²) >= 11 is 5.15. The number of hydrogen-bond donors (Lipinski definition) is 3. The molecule has 1 aliphatic carbocycles. The van der Waals surface area contributed by atoms with Crippen LogP contribution < -0.4 is 16.0 Å². The number of nitrogens with zero attached hydrogens (tertiary/aromatic N) is 4. The van der Waals surface area contributed by atoms with Crippen LogP contribution in [0.15, 0.2) is 30.4 Å². The third kappa shape index (κ3) is 3.54. The summed E-state index contributed by atoms with van der Waals surface area (Å²) in [5.41, 5.74) is 7.05. The summed E-state index contributed by atoms with van der Waals surface area (Å²) in [5.74, 6) is 1.96. The van der Waals surface area contributed by atoms with Gasteiger partial charge in [-0.05, 0) is 43.7 Å². The molecule has 28 heavy (non-hydrogen) atoms. The fourth-order valence-electron chi connectivity index (χ4n) is 4.49. The third-order valence-corrected chi connectivity index (χ3v) is 6.04. The van der Waals surface area contributed by atoms with Crippen LogP contribution >= 0.6 is 12.2 Å². The Hall–Kier alpha value is -2.68. The highest BCUT2D eigenvalue weighted by Gasteiger charge is 2.44. The van der Waals surface area contributed by atoms with E-state index in [4.69, 9.17) is 18.0 Å². The third-order valence-electron chi connectivity index (χ3n) is 5.82. The minimum Gasteiger partial charge on any atom is -0.402 e. The molecule has 3 heterocycles. The normalized spacial score (nSPS) is 24.4. The molecule has 1 saturated heterocycles. The lowest BCUT2D eigenvalue weighted by Gasteiger charge is -2.28. The van der Waals surface area contributed by atoms with Crippen molar-refractivity contribution in [2.24, 2.45) is 17.6 Å². The van der Waals surface area contributed by atoms with Gasteiger partial charge >= 0.3 is 6.03 Å². The number of H-pyrrole nitrogens is 1. The molecule has 4 rings (SSSR count). The van der Waals surface area contributed by atoms with Gasteiger partial charge in [-0.15, -0.1) is 0 Å². The molecule has 0 aromatic carbocycles. The summed E-state index contributed by atoms with van der Waals surface area (Å²) in [6.07, 6.45) is 7.19. The zero-order chi connectivity index (χ0) is 19.8. The van der Waals surface area contributed by atoms with Crippen LogP contribution in [0.3, 0.4) is 0 Å². The van der Waals surface area contributed by atoms with Crippen molar-refractivity contribution < 1.29 is 4.79 Å². The molecule has 0 spiro atoms. The molecule has 8 nitrogen and oxygen atoms in total. The average molecular weight is 400 g/mol. The Morgan fingerprint density at radius 2 is 2.11 bits per heavy atom. The van der Waals surface area contributed by atoms with Crippen molar-refractivity contribution >= 4 is 40.1 Å².